The molecular weight excluding hydrogens is 328 g/mol. The van der Waals surface area contributed by atoms with Crippen LogP contribution in [0.3, 0.4) is 0 Å². The fourth-order valence-corrected chi connectivity index (χ4v) is 3.92. The molecule has 0 aliphatic carbocycles. The molecule has 1 aromatic carbocycles. The number of rotatable bonds is 7. The topological polar surface area (TPSA) is 86.7 Å². The van der Waals surface area contributed by atoms with Crippen molar-refractivity contribution in [3.63, 3.8) is 0 Å². The smallest absolute Gasteiger partial charge is 0.232 e. The maximum Gasteiger partial charge on any atom is 0.232 e. The van der Waals surface area contributed by atoms with E-state index in [1.165, 1.54) is 0 Å². The largest absolute Gasteiger partial charge is 0.393 e. The summed E-state index contributed by atoms with van der Waals surface area (Å²) in [6.07, 6.45) is 2.71. The van der Waals surface area contributed by atoms with E-state index in [9.17, 15) is 18.3 Å². The summed E-state index contributed by atoms with van der Waals surface area (Å²) in [5.74, 6) is 0.156. The first-order valence-corrected chi connectivity index (χ1v) is 10.1. The maximum absolute atomic E-state index is 12.2. The molecule has 2 rings (SSSR count). The second kappa shape index (κ2) is 8.48. The molecule has 2 N–H and O–H groups in total. The summed E-state index contributed by atoms with van der Waals surface area (Å²) in [5.41, 5.74) is 1.37. The molecule has 0 aromatic heterocycles. The van der Waals surface area contributed by atoms with Crippen LogP contribution in [-0.4, -0.2) is 49.3 Å². The second-order valence-corrected chi connectivity index (χ2v) is 8.10. The summed E-state index contributed by atoms with van der Waals surface area (Å²) in [6.45, 7) is 3.13. The summed E-state index contributed by atoms with van der Waals surface area (Å²) in [7, 11) is -3.30. The lowest BCUT2D eigenvalue weighted by Crippen LogP contribution is -2.40. The van der Waals surface area contributed by atoms with Gasteiger partial charge in [-0.3, -0.25) is 9.52 Å². The average molecular weight is 354 g/mol. The predicted molar refractivity (Wildman–Crippen MR) is 94.3 cm³/mol. The normalized spacial score (nSPS) is 16.2. The average Bonchev–Trinajstić information content (AvgIpc) is 2.55. The van der Waals surface area contributed by atoms with E-state index in [0.717, 1.165) is 12.0 Å². The minimum absolute atomic E-state index is 0.0400. The molecule has 0 atom stereocenters. The van der Waals surface area contributed by atoms with E-state index in [-0.39, 0.29) is 17.8 Å². The number of aliphatic hydroxyl groups excluding tert-OH is 1. The standard InChI is InChI=1S/C17H26N2O4S/c1-2-3-12-24(22,23)18-15-6-4-14(5-7-15)13-17(21)19-10-8-16(20)9-11-19/h4-7,16,18,20H,2-3,8-13H2,1H3. The van der Waals surface area contributed by atoms with Gasteiger partial charge in [0.25, 0.3) is 0 Å². The van der Waals surface area contributed by atoms with Crippen molar-refractivity contribution in [1.29, 1.82) is 0 Å². The highest BCUT2D eigenvalue weighted by atomic mass is 32.2. The molecule has 134 valence electrons. The van der Waals surface area contributed by atoms with Crippen molar-refractivity contribution in [2.24, 2.45) is 0 Å². The van der Waals surface area contributed by atoms with Crippen LogP contribution in [0, 0.1) is 0 Å². The number of sulfonamides is 1. The molecular formula is C17H26N2O4S. The fraction of sp³-hybridized carbons (Fsp3) is 0.588. The van der Waals surface area contributed by atoms with Crippen LogP contribution in [0.5, 0.6) is 0 Å². The third-order valence-corrected chi connectivity index (χ3v) is 5.54. The molecule has 6 nitrogen and oxygen atoms in total. The van der Waals surface area contributed by atoms with Gasteiger partial charge < -0.3 is 10.0 Å². The minimum Gasteiger partial charge on any atom is -0.393 e. The number of amides is 1. The Kier molecular flexibility index (Phi) is 6.62. The SMILES string of the molecule is CCCCS(=O)(=O)Nc1ccc(CC(=O)N2CCC(O)CC2)cc1. The fourth-order valence-electron chi connectivity index (χ4n) is 2.66. The van der Waals surface area contributed by atoms with Crippen LogP contribution < -0.4 is 4.72 Å². The van der Waals surface area contributed by atoms with Crippen LogP contribution in [0.4, 0.5) is 5.69 Å². The van der Waals surface area contributed by atoms with Gasteiger partial charge in [0.2, 0.25) is 15.9 Å². The number of anilines is 1. The number of carbonyl (C=O) groups excluding carboxylic acids is 1. The monoisotopic (exact) mass is 354 g/mol. The number of nitrogens with zero attached hydrogens (tertiary/aromatic N) is 1. The van der Waals surface area contributed by atoms with Crippen molar-refractivity contribution in [1.82, 2.24) is 4.90 Å². The van der Waals surface area contributed by atoms with Crippen LogP contribution >= 0.6 is 0 Å². The molecule has 1 amide bonds. The van der Waals surface area contributed by atoms with Crippen LogP contribution in [0.25, 0.3) is 0 Å². The van der Waals surface area contributed by atoms with Crippen molar-refractivity contribution < 1.29 is 18.3 Å². The minimum atomic E-state index is -3.30. The predicted octanol–water partition coefficient (Wildman–Crippen LogP) is 1.75. The van der Waals surface area contributed by atoms with Crippen LogP contribution in [0.1, 0.15) is 38.2 Å². The van der Waals surface area contributed by atoms with Crippen LogP contribution in [-0.2, 0) is 21.2 Å². The number of piperidine rings is 1. The zero-order valence-electron chi connectivity index (χ0n) is 14.1. The third-order valence-electron chi connectivity index (χ3n) is 4.17. The quantitative estimate of drug-likeness (QED) is 0.781. The van der Waals surface area contributed by atoms with Gasteiger partial charge >= 0.3 is 0 Å². The Balaban J connectivity index is 1.89. The molecule has 7 heteroatoms. The van der Waals surface area contributed by atoms with Gasteiger partial charge in [0.15, 0.2) is 0 Å². The molecule has 0 spiro atoms. The molecule has 1 aromatic rings. The molecule has 0 bridgehead atoms. The molecule has 0 saturated carbocycles. The number of benzene rings is 1. The van der Waals surface area contributed by atoms with Crippen molar-refractivity contribution >= 4 is 21.6 Å². The van der Waals surface area contributed by atoms with E-state index in [1.54, 1.807) is 29.2 Å². The Morgan fingerprint density at radius 2 is 1.88 bits per heavy atom. The maximum atomic E-state index is 12.2. The van der Waals surface area contributed by atoms with Gasteiger partial charge in [0, 0.05) is 18.8 Å². The summed E-state index contributed by atoms with van der Waals surface area (Å²) in [6, 6.07) is 6.92. The number of unbranched alkanes of at least 4 members (excludes halogenated alkanes) is 1. The molecule has 1 aliphatic heterocycles. The number of aliphatic hydroxyl groups is 1. The Labute approximate surface area is 143 Å². The first-order chi connectivity index (χ1) is 11.4. The van der Waals surface area contributed by atoms with E-state index < -0.39 is 10.0 Å². The van der Waals surface area contributed by atoms with Gasteiger partial charge in [-0.2, -0.15) is 0 Å². The van der Waals surface area contributed by atoms with E-state index in [1.807, 2.05) is 6.92 Å². The Morgan fingerprint density at radius 3 is 2.46 bits per heavy atom. The Hall–Kier alpha value is -1.60. The van der Waals surface area contributed by atoms with Crippen molar-refractivity contribution in [3.05, 3.63) is 29.8 Å². The zero-order valence-corrected chi connectivity index (χ0v) is 14.9. The van der Waals surface area contributed by atoms with Gasteiger partial charge in [-0.05, 0) is 37.0 Å². The van der Waals surface area contributed by atoms with Crippen LogP contribution in [0.2, 0.25) is 0 Å². The lowest BCUT2D eigenvalue weighted by atomic mass is 10.1. The third kappa shape index (κ3) is 5.79. The first kappa shape index (κ1) is 18.7. The van der Waals surface area contributed by atoms with E-state index in [0.29, 0.717) is 44.5 Å². The van der Waals surface area contributed by atoms with Crippen molar-refractivity contribution in [3.8, 4) is 0 Å². The van der Waals surface area contributed by atoms with Gasteiger partial charge in [-0.15, -0.1) is 0 Å². The van der Waals surface area contributed by atoms with Crippen molar-refractivity contribution in [2.75, 3.05) is 23.6 Å². The highest BCUT2D eigenvalue weighted by Gasteiger charge is 2.21. The highest BCUT2D eigenvalue weighted by molar-refractivity contribution is 7.92. The molecule has 1 heterocycles. The molecule has 1 saturated heterocycles. The van der Waals surface area contributed by atoms with Gasteiger partial charge in [-0.25, -0.2) is 8.42 Å². The summed E-state index contributed by atoms with van der Waals surface area (Å²) >= 11 is 0. The van der Waals surface area contributed by atoms with Crippen molar-refractivity contribution in [2.45, 2.75) is 45.1 Å². The number of likely N-dealkylation sites (tertiary alicyclic amines) is 1. The van der Waals surface area contributed by atoms with E-state index in [2.05, 4.69) is 4.72 Å². The lowest BCUT2D eigenvalue weighted by molar-refractivity contribution is -0.132. The van der Waals surface area contributed by atoms with E-state index in [4.69, 9.17) is 0 Å². The Morgan fingerprint density at radius 1 is 1.25 bits per heavy atom. The Bertz CT molecular complexity index is 635. The van der Waals surface area contributed by atoms with Gasteiger partial charge in [-0.1, -0.05) is 25.5 Å². The molecule has 24 heavy (non-hydrogen) atoms. The molecule has 1 fully saturated rings. The van der Waals surface area contributed by atoms with Gasteiger partial charge in [0.1, 0.15) is 0 Å². The van der Waals surface area contributed by atoms with Crippen LogP contribution in [0.15, 0.2) is 24.3 Å². The van der Waals surface area contributed by atoms with Gasteiger partial charge in [0.05, 0.1) is 18.3 Å². The number of nitrogens with one attached hydrogen (secondary N) is 1. The second-order valence-electron chi connectivity index (χ2n) is 6.26. The zero-order chi connectivity index (χ0) is 17.6. The number of carbonyl (C=O) groups is 1. The molecule has 0 unspecified atom stereocenters. The molecule has 0 radical (unpaired) electrons. The number of hydrogen-bond donors (Lipinski definition) is 2. The summed E-state index contributed by atoms with van der Waals surface area (Å²) in [5, 5.41) is 9.48. The summed E-state index contributed by atoms with van der Waals surface area (Å²) < 4.78 is 26.3. The summed E-state index contributed by atoms with van der Waals surface area (Å²) in [4.78, 5) is 14.0. The highest BCUT2D eigenvalue weighted by Crippen LogP contribution is 2.15. The lowest BCUT2D eigenvalue weighted by Gasteiger charge is -2.29. The first-order valence-electron chi connectivity index (χ1n) is 8.45. The van der Waals surface area contributed by atoms with E-state index >= 15 is 0 Å². The molecule has 1 aliphatic rings. The number of hydrogen-bond acceptors (Lipinski definition) is 4.